The predicted octanol–water partition coefficient (Wildman–Crippen LogP) is 16.8. The van der Waals surface area contributed by atoms with E-state index in [-0.39, 0.29) is 25.5 Å². The topological polar surface area (TPSA) is 111 Å². The number of carbonyl (C=O) groups is 2. The van der Waals surface area contributed by atoms with E-state index in [1.165, 1.54) is 89.9 Å². The van der Waals surface area contributed by atoms with E-state index in [0.29, 0.717) is 30.3 Å². The highest BCUT2D eigenvalue weighted by atomic mass is 31.2. The van der Waals surface area contributed by atoms with Crippen LogP contribution in [0.3, 0.4) is 0 Å². The van der Waals surface area contributed by atoms with Crippen molar-refractivity contribution in [3.63, 3.8) is 0 Å². The number of hydrogen-bond acceptors (Lipinski definition) is 6. The largest absolute Gasteiger partial charge is 0.472 e. The quantitative estimate of drug-likeness (QED) is 0.0205. The number of ether oxygens (including phenoxy) is 1. The van der Waals surface area contributed by atoms with Gasteiger partial charge in [0.15, 0.2) is 0 Å². The smallest absolute Gasteiger partial charge is 0.456 e. The van der Waals surface area contributed by atoms with Crippen LogP contribution in [0.5, 0.6) is 0 Å². The Hall–Kier alpha value is -3.07. The van der Waals surface area contributed by atoms with Gasteiger partial charge in [-0.3, -0.25) is 18.6 Å². The van der Waals surface area contributed by atoms with E-state index < -0.39 is 25.9 Å². The van der Waals surface area contributed by atoms with Gasteiger partial charge in [0.05, 0.1) is 33.8 Å². The summed E-state index contributed by atoms with van der Waals surface area (Å²) < 4.78 is 30.5. The first-order valence-electron chi connectivity index (χ1n) is 28.1. The van der Waals surface area contributed by atoms with Gasteiger partial charge in [0.25, 0.3) is 0 Å². The molecule has 0 saturated heterocycles. The van der Waals surface area contributed by atoms with Crippen LogP contribution in [0.2, 0.25) is 0 Å². The molecule has 0 spiro atoms. The van der Waals surface area contributed by atoms with Gasteiger partial charge in [-0.2, -0.15) is 0 Å². The van der Waals surface area contributed by atoms with Crippen LogP contribution in [0.25, 0.3) is 0 Å². The monoisotopic (exact) mass is 998 g/mol. The fourth-order valence-corrected chi connectivity index (χ4v) is 8.17. The SMILES string of the molecule is CC/C=C\C/C=C\C/C=C\C/C=C\C/C=C\C/C=C\CCC(=O)OC(/C=C/CCCCCCCCCCC)C(COP(=O)(O)OCC[N+](C)(C)C)NC(=O)CCCCC/C=C\CCCCCCCCC. The molecule has 1 amide bonds. The first-order chi connectivity index (χ1) is 33.9. The molecule has 0 aliphatic carbocycles. The third-order valence-electron chi connectivity index (χ3n) is 11.8. The fraction of sp³-hybridized carbons (Fsp3) is 0.700. The summed E-state index contributed by atoms with van der Waals surface area (Å²) >= 11 is 0. The van der Waals surface area contributed by atoms with Gasteiger partial charge in [0.2, 0.25) is 5.91 Å². The minimum absolute atomic E-state index is 0.0221. The zero-order chi connectivity index (χ0) is 51.5. The summed E-state index contributed by atoms with van der Waals surface area (Å²) in [6, 6.07) is -0.890. The summed E-state index contributed by atoms with van der Waals surface area (Å²) in [5, 5.41) is 3.01. The summed E-state index contributed by atoms with van der Waals surface area (Å²) in [6.07, 6.45) is 65.6. The minimum atomic E-state index is -4.47. The van der Waals surface area contributed by atoms with Crippen LogP contribution in [0.4, 0.5) is 0 Å². The van der Waals surface area contributed by atoms with E-state index in [0.717, 1.165) is 83.5 Å². The summed E-state index contributed by atoms with van der Waals surface area (Å²) in [7, 11) is 1.44. The summed E-state index contributed by atoms with van der Waals surface area (Å²) in [5.74, 6) is -0.629. The zero-order valence-electron chi connectivity index (χ0n) is 45.7. The van der Waals surface area contributed by atoms with Crippen LogP contribution >= 0.6 is 7.82 Å². The molecule has 0 saturated carbocycles. The third kappa shape index (κ3) is 49.9. The Balaban J connectivity index is 5.49. The molecule has 0 radical (unpaired) electrons. The van der Waals surface area contributed by atoms with Crippen molar-refractivity contribution in [2.45, 2.75) is 232 Å². The number of allylic oxidation sites excluding steroid dienone is 15. The third-order valence-corrected chi connectivity index (χ3v) is 12.8. The molecule has 0 aliphatic heterocycles. The number of quaternary nitrogens is 1. The lowest BCUT2D eigenvalue weighted by atomic mass is 10.1. The highest BCUT2D eigenvalue weighted by Crippen LogP contribution is 2.43. The summed E-state index contributed by atoms with van der Waals surface area (Å²) in [5.41, 5.74) is 0. The molecule has 0 aromatic rings. The lowest BCUT2D eigenvalue weighted by molar-refractivity contribution is -0.870. The number of esters is 1. The molecular weight excluding hydrogens is 892 g/mol. The molecule has 0 aromatic carbocycles. The van der Waals surface area contributed by atoms with E-state index in [4.69, 9.17) is 13.8 Å². The molecule has 2 N–H and O–H groups in total. The number of carbonyl (C=O) groups excluding carboxylic acids is 2. The minimum Gasteiger partial charge on any atom is -0.456 e. The van der Waals surface area contributed by atoms with Crippen molar-refractivity contribution in [3.05, 3.63) is 97.2 Å². The van der Waals surface area contributed by atoms with Crippen LogP contribution in [-0.4, -0.2) is 74.3 Å². The van der Waals surface area contributed by atoms with Crippen LogP contribution in [-0.2, 0) is 27.9 Å². The standard InChI is InChI=1S/C60H105N2O7P/c1-7-10-13-16-19-22-25-27-29-30-31-32-33-35-38-41-44-47-50-53-60(64)69-58(51-48-45-42-39-36-24-21-18-15-12-9-3)57(56-68-70(65,66)67-55-54-62(4,5)6)61-59(63)52-49-46-43-40-37-34-28-26-23-20-17-14-11-8-2/h10,13,19,22,27,29,31-32,34-35,37-38,44,47-48,51,57-58H,7-9,11-12,14-18,20-21,23-26,28,30,33,36,39-43,45-46,49-50,52-56H2,1-6H3,(H-,61,63,65,66)/p+1/b13-10-,22-19-,29-27-,32-31-,37-34-,38-35-,47-44-,51-48+. The number of nitrogens with zero attached hydrogens (tertiary/aromatic N) is 1. The average Bonchev–Trinajstić information content (AvgIpc) is 3.32. The van der Waals surface area contributed by atoms with Gasteiger partial charge in [-0.1, -0.05) is 208 Å². The molecule has 0 rings (SSSR count). The molecule has 70 heavy (non-hydrogen) atoms. The second-order valence-corrected chi connectivity index (χ2v) is 21.2. The molecule has 402 valence electrons. The number of nitrogens with one attached hydrogen (secondary N) is 1. The van der Waals surface area contributed by atoms with Crippen molar-refractivity contribution in [3.8, 4) is 0 Å². The number of likely N-dealkylation sites (N-methyl/N-ethyl adjacent to an activating group) is 1. The van der Waals surface area contributed by atoms with E-state index >= 15 is 0 Å². The zero-order valence-corrected chi connectivity index (χ0v) is 46.6. The Morgan fingerprint density at radius 2 is 0.929 bits per heavy atom. The molecule has 0 bridgehead atoms. The molecule has 9 nitrogen and oxygen atoms in total. The average molecular weight is 998 g/mol. The van der Waals surface area contributed by atoms with Crippen molar-refractivity contribution < 1.29 is 37.3 Å². The molecule has 3 atom stereocenters. The van der Waals surface area contributed by atoms with Crippen LogP contribution in [0, 0.1) is 0 Å². The van der Waals surface area contributed by atoms with Crippen LogP contribution in [0.15, 0.2) is 97.2 Å². The molecule has 0 fully saturated rings. The second kappa shape index (κ2) is 49.5. The predicted molar refractivity (Wildman–Crippen MR) is 300 cm³/mol. The Morgan fingerprint density at radius 1 is 0.514 bits per heavy atom. The number of amides is 1. The van der Waals surface area contributed by atoms with Gasteiger partial charge in [0, 0.05) is 12.8 Å². The van der Waals surface area contributed by atoms with E-state index in [1.807, 2.05) is 45.4 Å². The van der Waals surface area contributed by atoms with Gasteiger partial charge in [0.1, 0.15) is 19.3 Å². The van der Waals surface area contributed by atoms with Crippen molar-refractivity contribution in [1.82, 2.24) is 5.32 Å². The highest BCUT2D eigenvalue weighted by molar-refractivity contribution is 7.47. The lowest BCUT2D eigenvalue weighted by Crippen LogP contribution is -2.47. The summed E-state index contributed by atoms with van der Waals surface area (Å²) in [6.45, 7) is 6.80. The fourth-order valence-electron chi connectivity index (χ4n) is 7.43. The number of phosphoric ester groups is 1. The van der Waals surface area contributed by atoms with Crippen LogP contribution in [0.1, 0.15) is 220 Å². The Morgan fingerprint density at radius 3 is 1.40 bits per heavy atom. The van der Waals surface area contributed by atoms with Crippen molar-refractivity contribution in [2.24, 2.45) is 0 Å². The van der Waals surface area contributed by atoms with E-state index in [1.54, 1.807) is 0 Å². The lowest BCUT2D eigenvalue weighted by Gasteiger charge is -2.27. The maximum absolute atomic E-state index is 13.5. The second-order valence-electron chi connectivity index (χ2n) is 19.7. The maximum Gasteiger partial charge on any atom is 0.472 e. The van der Waals surface area contributed by atoms with E-state index in [2.05, 4.69) is 99.0 Å². The number of unbranched alkanes of at least 4 members (excludes halogenated alkanes) is 19. The van der Waals surface area contributed by atoms with Gasteiger partial charge < -0.3 is 19.4 Å². The summed E-state index contributed by atoms with van der Waals surface area (Å²) in [4.78, 5) is 37.5. The van der Waals surface area contributed by atoms with Gasteiger partial charge in [-0.15, -0.1) is 0 Å². The highest BCUT2D eigenvalue weighted by Gasteiger charge is 2.30. The molecular formula is C60H106N2O7P+. The van der Waals surface area contributed by atoms with Gasteiger partial charge in [-0.05, 0) is 96.0 Å². The van der Waals surface area contributed by atoms with E-state index in [9.17, 15) is 19.0 Å². The Bertz CT molecular complexity index is 1520. The number of phosphoric acid groups is 1. The van der Waals surface area contributed by atoms with Gasteiger partial charge in [-0.25, -0.2) is 4.57 Å². The van der Waals surface area contributed by atoms with Crippen molar-refractivity contribution in [1.29, 1.82) is 0 Å². The van der Waals surface area contributed by atoms with Gasteiger partial charge >= 0.3 is 13.8 Å². The molecule has 0 aliphatic rings. The number of rotatable bonds is 49. The molecule has 10 heteroatoms. The Labute approximate surface area is 430 Å². The molecule has 0 heterocycles. The normalized spacial score (nSPS) is 14.6. The Kier molecular flexibility index (Phi) is 47.3. The molecule has 3 unspecified atom stereocenters. The van der Waals surface area contributed by atoms with Crippen molar-refractivity contribution in [2.75, 3.05) is 40.9 Å². The van der Waals surface area contributed by atoms with Crippen molar-refractivity contribution >= 4 is 19.7 Å². The first kappa shape index (κ1) is 66.9. The molecule has 0 aromatic heterocycles. The van der Waals surface area contributed by atoms with Crippen LogP contribution < -0.4 is 5.32 Å². The first-order valence-corrected chi connectivity index (χ1v) is 29.6. The maximum atomic E-state index is 13.5. The number of hydrogen-bond donors (Lipinski definition) is 2.